The third-order valence-electron chi connectivity index (χ3n) is 4.87. The Morgan fingerprint density at radius 2 is 2.33 bits per heavy atom. The Labute approximate surface area is 163 Å². The number of thioether (sulfide) groups is 1. The molecule has 7 nitrogen and oxygen atoms in total. The summed E-state index contributed by atoms with van der Waals surface area (Å²) in [6.07, 6.45) is 14.7. The molecule has 142 valence electrons. The maximum absolute atomic E-state index is 13.2. The van der Waals surface area contributed by atoms with Crippen LogP contribution in [0.3, 0.4) is 0 Å². The van der Waals surface area contributed by atoms with Crippen molar-refractivity contribution in [2.24, 2.45) is 25.9 Å². The van der Waals surface area contributed by atoms with Gasteiger partial charge in [-0.25, -0.2) is 9.98 Å². The Bertz CT molecular complexity index is 822. The Morgan fingerprint density at radius 1 is 1.52 bits per heavy atom. The van der Waals surface area contributed by atoms with Gasteiger partial charge in [-0.05, 0) is 31.8 Å². The highest BCUT2D eigenvalue weighted by Crippen LogP contribution is 2.62. The molecule has 3 aliphatic rings. The molecule has 1 N–H and O–H groups in total. The number of aliphatic imine (C=N–C) groups is 4. The van der Waals surface area contributed by atoms with Crippen LogP contribution in [0.1, 0.15) is 20.3 Å². The molecule has 3 rings (SSSR count). The summed E-state index contributed by atoms with van der Waals surface area (Å²) in [5.74, 6) is 0.812. The van der Waals surface area contributed by atoms with Gasteiger partial charge in [0.1, 0.15) is 16.9 Å². The van der Waals surface area contributed by atoms with Crippen molar-refractivity contribution in [2.45, 2.75) is 31.1 Å². The minimum Gasteiger partial charge on any atom is -0.373 e. The van der Waals surface area contributed by atoms with Gasteiger partial charge in [-0.15, -0.1) is 11.8 Å². The van der Waals surface area contributed by atoms with E-state index in [0.29, 0.717) is 6.42 Å². The van der Waals surface area contributed by atoms with Crippen LogP contribution in [0.15, 0.2) is 55.9 Å². The molecule has 0 aromatic carbocycles. The topological polar surface area (TPSA) is 81.8 Å². The highest BCUT2D eigenvalue weighted by atomic mass is 32.2. The monoisotopic (exact) mass is 384 g/mol. The van der Waals surface area contributed by atoms with Crippen molar-refractivity contribution in [1.29, 1.82) is 0 Å². The van der Waals surface area contributed by atoms with E-state index < -0.39 is 4.75 Å². The zero-order chi connectivity index (χ0) is 19.4. The van der Waals surface area contributed by atoms with Gasteiger partial charge in [0.15, 0.2) is 0 Å². The van der Waals surface area contributed by atoms with E-state index in [0.717, 1.165) is 17.1 Å². The first-order valence-electron chi connectivity index (χ1n) is 8.80. The lowest BCUT2D eigenvalue weighted by molar-refractivity contribution is -0.126. The molecule has 1 amide bonds. The largest absolute Gasteiger partial charge is 0.373 e. The highest BCUT2D eigenvalue weighted by molar-refractivity contribution is 8.01. The summed E-state index contributed by atoms with van der Waals surface area (Å²) in [4.78, 5) is 32.2. The van der Waals surface area contributed by atoms with Gasteiger partial charge in [0.05, 0.1) is 12.4 Å². The van der Waals surface area contributed by atoms with Crippen LogP contribution in [-0.2, 0) is 4.79 Å². The number of fused-ring (bicyclic) bond motifs is 1. The predicted octanol–water partition coefficient (Wildman–Crippen LogP) is 2.40. The molecular formula is C19H24N6OS. The summed E-state index contributed by atoms with van der Waals surface area (Å²) < 4.78 is -0.591. The first-order valence-corrected chi connectivity index (χ1v) is 10.0. The summed E-state index contributed by atoms with van der Waals surface area (Å²) in [5.41, 5.74) is 1.95. The number of allylic oxidation sites excluding steroid dienone is 2. The lowest BCUT2D eigenvalue weighted by Gasteiger charge is -2.23. The van der Waals surface area contributed by atoms with Crippen LogP contribution in [0, 0.1) is 5.92 Å². The average Bonchev–Trinajstić information content (AvgIpc) is 3.38. The molecule has 0 radical (unpaired) electrons. The minimum atomic E-state index is -0.591. The molecule has 3 atom stereocenters. The Morgan fingerprint density at radius 3 is 3.04 bits per heavy atom. The second-order valence-corrected chi connectivity index (χ2v) is 7.45. The highest BCUT2D eigenvalue weighted by Gasteiger charge is 2.73. The van der Waals surface area contributed by atoms with E-state index in [1.54, 1.807) is 30.5 Å². The molecule has 2 heterocycles. The van der Waals surface area contributed by atoms with E-state index in [2.05, 4.69) is 25.3 Å². The molecular weight excluding hydrogens is 360 g/mol. The fourth-order valence-corrected chi connectivity index (χ4v) is 4.74. The second-order valence-electron chi connectivity index (χ2n) is 6.37. The van der Waals surface area contributed by atoms with Gasteiger partial charge in [-0.1, -0.05) is 6.08 Å². The summed E-state index contributed by atoms with van der Waals surface area (Å²) in [5, 5.41) is 3.13. The SMILES string of the molecule is C\C=C/C(C)=N\C=C\N1C=NC2C(C3=C(NC)N=CN=CC3)C2(SC)C1=O. The number of carbonyl (C=O) groups excluding carboxylic acids is 1. The molecule has 1 saturated carbocycles. The normalized spacial score (nSPS) is 30.4. The van der Waals surface area contributed by atoms with Crippen LogP contribution < -0.4 is 5.32 Å². The zero-order valence-corrected chi connectivity index (χ0v) is 16.8. The molecule has 1 aliphatic carbocycles. The fourth-order valence-electron chi connectivity index (χ4n) is 3.57. The van der Waals surface area contributed by atoms with Gasteiger partial charge in [0.2, 0.25) is 0 Å². The summed E-state index contributed by atoms with van der Waals surface area (Å²) in [6.45, 7) is 3.85. The molecule has 1 fully saturated rings. The van der Waals surface area contributed by atoms with Gasteiger partial charge in [-0.3, -0.25) is 19.7 Å². The number of carbonyl (C=O) groups is 1. The van der Waals surface area contributed by atoms with Crippen LogP contribution in [-0.4, -0.2) is 59.5 Å². The third-order valence-corrected chi connectivity index (χ3v) is 6.21. The van der Waals surface area contributed by atoms with Crippen molar-refractivity contribution in [3.63, 3.8) is 0 Å². The molecule has 27 heavy (non-hydrogen) atoms. The van der Waals surface area contributed by atoms with Gasteiger partial charge in [-0.2, -0.15) is 0 Å². The van der Waals surface area contributed by atoms with E-state index in [1.165, 1.54) is 11.2 Å². The van der Waals surface area contributed by atoms with E-state index >= 15 is 0 Å². The Balaban J connectivity index is 1.86. The third kappa shape index (κ3) is 3.41. The van der Waals surface area contributed by atoms with Crippen molar-refractivity contribution in [1.82, 2.24) is 10.2 Å². The standard InChI is InChI=1S/C19H24N6OS/c1-5-6-13(2)22-9-10-25-12-24-16-15(19(16,27-4)18(25)26)14-7-8-21-11-23-17(14)20-3/h5-6,8-12,15-16,20H,7H2,1-4H3/b6-5-,10-9+,22-13-. The number of rotatable bonds is 6. The zero-order valence-electron chi connectivity index (χ0n) is 16.0. The number of nitrogens with one attached hydrogen (secondary N) is 1. The molecule has 3 unspecified atom stereocenters. The number of hydrogen-bond acceptors (Lipinski definition) is 7. The van der Waals surface area contributed by atoms with Gasteiger partial charge in [0, 0.05) is 43.7 Å². The average molecular weight is 385 g/mol. The van der Waals surface area contributed by atoms with Gasteiger partial charge in [0.25, 0.3) is 5.91 Å². The van der Waals surface area contributed by atoms with E-state index in [4.69, 9.17) is 0 Å². The van der Waals surface area contributed by atoms with Crippen LogP contribution in [0.2, 0.25) is 0 Å². The van der Waals surface area contributed by atoms with Crippen LogP contribution in [0.5, 0.6) is 0 Å². The van der Waals surface area contributed by atoms with E-state index in [9.17, 15) is 4.79 Å². The lowest BCUT2D eigenvalue weighted by Crippen LogP contribution is -2.40. The molecule has 8 heteroatoms. The van der Waals surface area contributed by atoms with E-state index in [-0.39, 0.29) is 17.9 Å². The van der Waals surface area contributed by atoms with Gasteiger partial charge < -0.3 is 5.32 Å². The molecule has 0 saturated heterocycles. The van der Waals surface area contributed by atoms with Crippen LogP contribution >= 0.6 is 11.8 Å². The predicted molar refractivity (Wildman–Crippen MR) is 114 cm³/mol. The molecule has 2 aliphatic heterocycles. The molecule has 0 aromatic heterocycles. The van der Waals surface area contributed by atoms with Crippen molar-refractivity contribution < 1.29 is 4.79 Å². The van der Waals surface area contributed by atoms with Crippen LogP contribution in [0.25, 0.3) is 0 Å². The number of nitrogens with zero attached hydrogens (tertiary/aromatic N) is 5. The smallest absolute Gasteiger partial charge is 0.250 e. The molecule has 0 aromatic rings. The Kier molecular flexibility index (Phi) is 5.74. The van der Waals surface area contributed by atoms with Crippen molar-refractivity contribution in [3.8, 4) is 0 Å². The fraction of sp³-hybridized carbons (Fsp3) is 0.421. The maximum atomic E-state index is 13.2. The first-order chi connectivity index (χ1) is 13.1. The molecule has 0 spiro atoms. The minimum absolute atomic E-state index is 0.00654. The van der Waals surface area contributed by atoms with E-state index in [1.807, 2.05) is 45.5 Å². The summed E-state index contributed by atoms with van der Waals surface area (Å²) in [7, 11) is 1.83. The molecule has 0 bridgehead atoms. The number of hydrogen-bond donors (Lipinski definition) is 1. The quantitative estimate of drug-likeness (QED) is 0.714. The van der Waals surface area contributed by atoms with Crippen molar-refractivity contribution >= 4 is 42.3 Å². The van der Waals surface area contributed by atoms with Gasteiger partial charge >= 0.3 is 0 Å². The van der Waals surface area contributed by atoms with Crippen molar-refractivity contribution in [3.05, 3.63) is 35.9 Å². The number of amides is 1. The first kappa shape index (κ1) is 19.3. The summed E-state index contributed by atoms with van der Waals surface area (Å²) in [6, 6.07) is -0.0713. The maximum Gasteiger partial charge on any atom is 0.250 e. The lowest BCUT2D eigenvalue weighted by atomic mass is 10.1. The second kappa shape index (κ2) is 8.04. The van der Waals surface area contributed by atoms with Crippen LogP contribution in [0.4, 0.5) is 0 Å². The Hall–Kier alpha value is -2.48. The summed E-state index contributed by atoms with van der Waals surface area (Å²) >= 11 is 1.56. The van der Waals surface area contributed by atoms with Crippen molar-refractivity contribution in [2.75, 3.05) is 13.3 Å².